The number of methoxy groups -OCH3 is 1. The second-order valence-electron chi connectivity index (χ2n) is 5.64. The van der Waals surface area contributed by atoms with E-state index in [4.69, 9.17) is 9.26 Å². The van der Waals surface area contributed by atoms with E-state index in [-0.39, 0.29) is 5.91 Å². The highest BCUT2D eigenvalue weighted by Crippen LogP contribution is 2.38. The second-order valence-corrected chi connectivity index (χ2v) is 5.64. The lowest BCUT2D eigenvalue weighted by Gasteiger charge is -2.18. The third-order valence-corrected chi connectivity index (χ3v) is 3.80. The quantitative estimate of drug-likeness (QED) is 0.849. The molecule has 116 valence electrons. The molecule has 0 N–H and O–H groups in total. The Bertz CT molecular complexity index is 692. The summed E-state index contributed by atoms with van der Waals surface area (Å²) in [5.41, 5.74) is 1.45. The van der Waals surface area contributed by atoms with E-state index in [1.54, 1.807) is 25.1 Å². The van der Waals surface area contributed by atoms with Crippen molar-refractivity contribution in [3.63, 3.8) is 0 Å². The van der Waals surface area contributed by atoms with Crippen molar-refractivity contribution in [3.05, 3.63) is 41.0 Å². The molecule has 1 saturated carbocycles. The van der Waals surface area contributed by atoms with Crippen LogP contribution in [-0.2, 0) is 6.54 Å². The number of ether oxygens (including phenoxy) is 1. The minimum absolute atomic E-state index is 0.118. The topological polar surface area (TPSA) is 68.5 Å². The molecule has 1 aromatic carbocycles. The summed E-state index contributed by atoms with van der Waals surface area (Å²) in [4.78, 5) is 18.6. The first-order valence-electron chi connectivity index (χ1n) is 7.31. The van der Waals surface area contributed by atoms with E-state index >= 15 is 0 Å². The number of amides is 1. The number of nitrogens with zero attached hydrogens (tertiary/aromatic N) is 3. The predicted molar refractivity (Wildman–Crippen MR) is 79.8 cm³/mol. The predicted octanol–water partition coefficient (Wildman–Crippen LogP) is 2.54. The molecule has 0 aliphatic heterocycles. The first-order valence-corrected chi connectivity index (χ1v) is 7.31. The molecule has 0 saturated heterocycles. The van der Waals surface area contributed by atoms with Crippen LogP contribution in [-0.4, -0.2) is 35.1 Å². The number of rotatable bonds is 5. The van der Waals surface area contributed by atoms with Gasteiger partial charge in [0.1, 0.15) is 5.75 Å². The average molecular weight is 301 g/mol. The number of aryl methyl sites for hydroxylation is 1. The Morgan fingerprint density at radius 2 is 2.23 bits per heavy atom. The van der Waals surface area contributed by atoms with Gasteiger partial charge in [-0.2, -0.15) is 4.98 Å². The maximum atomic E-state index is 12.7. The molecule has 1 fully saturated rings. The lowest BCUT2D eigenvalue weighted by atomic mass is 10.1. The summed E-state index contributed by atoms with van der Waals surface area (Å²) in [5, 5.41) is 3.95. The number of hydrogen-bond acceptors (Lipinski definition) is 5. The summed E-state index contributed by atoms with van der Waals surface area (Å²) in [6.45, 7) is 2.20. The van der Waals surface area contributed by atoms with Crippen LogP contribution in [0.4, 0.5) is 0 Å². The zero-order valence-electron chi connectivity index (χ0n) is 13.0. The lowest BCUT2D eigenvalue weighted by molar-refractivity contribution is 0.0776. The lowest BCUT2D eigenvalue weighted by Crippen LogP contribution is -2.27. The summed E-state index contributed by atoms with van der Waals surface area (Å²) < 4.78 is 10.5. The molecular formula is C16H19N3O3. The Labute approximate surface area is 129 Å². The fourth-order valence-corrected chi connectivity index (χ4v) is 2.39. The van der Waals surface area contributed by atoms with Crippen molar-refractivity contribution < 1.29 is 14.1 Å². The highest BCUT2D eigenvalue weighted by molar-refractivity contribution is 5.98. The Morgan fingerprint density at radius 1 is 1.45 bits per heavy atom. The van der Waals surface area contributed by atoms with Crippen LogP contribution in [0.2, 0.25) is 0 Å². The van der Waals surface area contributed by atoms with Crippen LogP contribution in [0.25, 0.3) is 0 Å². The molecule has 0 atom stereocenters. The highest BCUT2D eigenvalue weighted by Gasteiger charge is 2.30. The van der Waals surface area contributed by atoms with Crippen molar-refractivity contribution in [2.24, 2.45) is 0 Å². The van der Waals surface area contributed by atoms with Gasteiger partial charge in [0, 0.05) is 13.0 Å². The first-order chi connectivity index (χ1) is 10.6. The molecule has 0 bridgehead atoms. The van der Waals surface area contributed by atoms with Gasteiger partial charge in [0.05, 0.1) is 19.2 Å². The second kappa shape index (κ2) is 5.79. The standard InChI is InChI=1S/C16H19N3O3/c1-10-5-4-6-12(21-3)14(10)16(20)19(2)9-13-17-15(22-18-13)11-7-8-11/h4-6,11H,7-9H2,1-3H3. The molecule has 22 heavy (non-hydrogen) atoms. The van der Waals surface area contributed by atoms with Crippen LogP contribution < -0.4 is 4.74 Å². The van der Waals surface area contributed by atoms with Crippen LogP contribution in [0, 0.1) is 6.92 Å². The number of benzene rings is 1. The van der Waals surface area contributed by atoms with Gasteiger partial charge in [0.15, 0.2) is 5.82 Å². The van der Waals surface area contributed by atoms with Gasteiger partial charge in [-0.25, -0.2) is 0 Å². The van der Waals surface area contributed by atoms with Gasteiger partial charge in [-0.15, -0.1) is 0 Å². The van der Waals surface area contributed by atoms with E-state index in [1.165, 1.54) is 0 Å². The third-order valence-electron chi connectivity index (χ3n) is 3.80. The third kappa shape index (κ3) is 2.81. The summed E-state index contributed by atoms with van der Waals surface area (Å²) >= 11 is 0. The van der Waals surface area contributed by atoms with Crippen molar-refractivity contribution >= 4 is 5.91 Å². The van der Waals surface area contributed by atoms with Gasteiger partial charge in [0.2, 0.25) is 5.89 Å². The van der Waals surface area contributed by atoms with Crippen LogP contribution in [0.15, 0.2) is 22.7 Å². The minimum atomic E-state index is -0.118. The molecule has 6 heteroatoms. The van der Waals surface area contributed by atoms with Gasteiger partial charge >= 0.3 is 0 Å². The molecule has 1 aromatic heterocycles. The molecular weight excluding hydrogens is 282 g/mol. The molecule has 0 spiro atoms. The molecule has 0 radical (unpaired) electrons. The maximum Gasteiger partial charge on any atom is 0.258 e. The van der Waals surface area contributed by atoms with Crippen LogP contribution in [0.5, 0.6) is 5.75 Å². The van der Waals surface area contributed by atoms with Crippen molar-refractivity contribution in [2.75, 3.05) is 14.2 Å². The monoisotopic (exact) mass is 301 g/mol. The normalized spacial score (nSPS) is 14.0. The van der Waals surface area contributed by atoms with E-state index in [0.717, 1.165) is 18.4 Å². The van der Waals surface area contributed by atoms with Gasteiger partial charge < -0.3 is 14.2 Å². The van der Waals surface area contributed by atoms with E-state index in [0.29, 0.717) is 35.5 Å². The summed E-state index contributed by atoms with van der Waals surface area (Å²) in [7, 11) is 3.29. The van der Waals surface area contributed by atoms with E-state index in [1.807, 2.05) is 19.1 Å². The Kier molecular flexibility index (Phi) is 3.83. The minimum Gasteiger partial charge on any atom is -0.496 e. The van der Waals surface area contributed by atoms with Crippen LogP contribution >= 0.6 is 0 Å². The first kappa shape index (κ1) is 14.6. The number of aromatic nitrogens is 2. The van der Waals surface area contributed by atoms with Gasteiger partial charge in [0.25, 0.3) is 5.91 Å². The van der Waals surface area contributed by atoms with Crippen molar-refractivity contribution in [1.29, 1.82) is 0 Å². The number of hydrogen-bond donors (Lipinski definition) is 0. The Balaban J connectivity index is 1.76. The molecule has 2 aromatic rings. The molecule has 1 aliphatic carbocycles. The maximum absolute atomic E-state index is 12.7. The van der Waals surface area contributed by atoms with Crippen LogP contribution in [0.1, 0.15) is 46.4 Å². The summed E-state index contributed by atoms with van der Waals surface area (Å²) in [6.07, 6.45) is 2.22. The zero-order valence-corrected chi connectivity index (χ0v) is 13.0. The van der Waals surface area contributed by atoms with E-state index in [9.17, 15) is 4.79 Å². The molecule has 1 aliphatic rings. The molecule has 3 rings (SSSR count). The molecule has 1 heterocycles. The van der Waals surface area contributed by atoms with Crippen molar-refractivity contribution in [1.82, 2.24) is 15.0 Å². The summed E-state index contributed by atoms with van der Waals surface area (Å²) in [5.74, 6) is 2.09. The molecule has 6 nitrogen and oxygen atoms in total. The number of carbonyl (C=O) groups is 1. The molecule has 1 amide bonds. The highest BCUT2D eigenvalue weighted by atomic mass is 16.5. The van der Waals surface area contributed by atoms with Crippen molar-refractivity contribution in [2.45, 2.75) is 32.2 Å². The Hall–Kier alpha value is -2.37. The SMILES string of the molecule is COc1cccc(C)c1C(=O)N(C)Cc1noc(C2CC2)n1. The Morgan fingerprint density at radius 3 is 2.91 bits per heavy atom. The summed E-state index contributed by atoms with van der Waals surface area (Å²) in [6, 6.07) is 5.54. The van der Waals surface area contributed by atoms with Gasteiger partial charge in [-0.05, 0) is 31.4 Å². The number of carbonyl (C=O) groups excluding carboxylic acids is 1. The van der Waals surface area contributed by atoms with Gasteiger partial charge in [-0.3, -0.25) is 4.79 Å². The van der Waals surface area contributed by atoms with Crippen molar-refractivity contribution in [3.8, 4) is 5.75 Å². The van der Waals surface area contributed by atoms with Gasteiger partial charge in [-0.1, -0.05) is 17.3 Å². The van der Waals surface area contributed by atoms with E-state index in [2.05, 4.69) is 10.1 Å². The largest absolute Gasteiger partial charge is 0.496 e. The fourth-order valence-electron chi connectivity index (χ4n) is 2.39. The van der Waals surface area contributed by atoms with E-state index < -0.39 is 0 Å². The zero-order chi connectivity index (χ0) is 15.7. The fraction of sp³-hybridized carbons (Fsp3) is 0.438. The smallest absolute Gasteiger partial charge is 0.258 e. The van der Waals surface area contributed by atoms with Crippen LogP contribution in [0.3, 0.4) is 0 Å². The average Bonchev–Trinajstić information content (AvgIpc) is 3.26. The molecule has 0 unspecified atom stereocenters.